The van der Waals surface area contributed by atoms with Crippen LogP contribution in [-0.2, 0) is 4.43 Å². The number of rotatable bonds is 4. The molecule has 1 fully saturated rings. The first-order valence-electron chi connectivity index (χ1n) is 8.44. The standard InChI is InChI=1S/C17H34I2OSi2/c1-17(2,3)22(7,8)20-15-11-9-10-13(14(15)12-18)16(19)21(4,5)6/h14-15H,9-12H2,1-8H3/b16-13+/t14-,15-/m0/s1. The van der Waals surface area contributed by atoms with Gasteiger partial charge in [0.25, 0.3) is 0 Å². The van der Waals surface area contributed by atoms with E-state index < -0.39 is 16.4 Å². The molecule has 1 rings (SSSR count). The van der Waals surface area contributed by atoms with Crippen molar-refractivity contribution in [2.75, 3.05) is 4.43 Å². The average molecular weight is 564 g/mol. The largest absolute Gasteiger partial charge is 0.413 e. The molecule has 0 amide bonds. The molecule has 5 heteroatoms. The summed E-state index contributed by atoms with van der Waals surface area (Å²) in [6.07, 6.45) is 4.30. The van der Waals surface area contributed by atoms with Crippen molar-refractivity contribution in [2.45, 2.75) is 83.9 Å². The lowest BCUT2D eigenvalue weighted by molar-refractivity contribution is 0.118. The lowest BCUT2D eigenvalue weighted by Gasteiger charge is -2.44. The molecule has 1 aliphatic carbocycles. The number of alkyl halides is 1. The quantitative estimate of drug-likeness (QED) is 0.200. The Morgan fingerprint density at radius 1 is 1.18 bits per heavy atom. The Labute approximate surface area is 167 Å². The molecular weight excluding hydrogens is 530 g/mol. The van der Waals surface area contributed by atoms with Gasteiger partial charge in [-0.15, -0.1) is 0 Å². The van der Waals surface area contributed by atoms with E-state index in [1.807, 2.05) is 0 Å². The molecule has 0 saturated heterocycles. The van der Waals surface area contributed by atoms with Crippen LogP contribution in [-0.4, -0.2) is 26.9 Å². The first-order chi connectivity index (χ1) is 9.81. The third kappa shape index (κ3) is 5.29. The molecule has 0 heterocycles. The van der Waals surface area contributed by atoms with Crippen LogP contribution in [0.2, 0.25) is 37.8 Å². The van der Waals surface area contributed by atoms with Gasteiger partial charge in [-0.1, -0.05) is 91.2 Å². The first-order valence-corrected chi connectivity index (χ1v) is 17.5. The third-order valence-corrected chi connectivity index (χ3v) is 17.8. The van der Waals surface area contributed by atoms with Crippen molar-refractivity contribution in [3.05, 3.63) is 8.78 Å². The molecule has 130 valence electrons. The maximum absolute atomic E-state index is 6.85. The zero-order valence-electron chi connectivity index (χ0n) is 15.6. The lowest BCUT2D eigenvalue weighted by Crippen LogP contribution is -2.47. The summed E-state index contributed by atoms with van der Waals surface area (Å²) >= 11 is 5.25. The van der Waals surface area contributed by atoms with Gasteiger partial charge in [-0.2, -0.15) is 0 Å². The van der Waals surface area contributed by atoms with Crippen LogP contribution in [0.5, 0.6) is 0 Å². The number of halogens is 2. The minimum absolute atomic E-state index is 0.302. The minimum Gasteiger partial charge on any atom is -0.413 e. The molecule has 1 saturated carbocycles. The van der Waals surface area contributed by atoms with E-state index in [1.54, 1.807) is 8.78 Å². The van der Waals surface area contributed by atoms with Crippen LogP contribution < -0.4 is 0 Å². The maximum atomic E-state index is 6.85. The van der Waals surface area contributed by atoms with Crippen molar-refractivity contribution in [3.8, 4) is 0 Å². The van der Waals surface area contributed by atoms with Crippen LogP contribution in [0.3, 0.4) is 0 Å². The fourth-order valence-corrected chi connectivity index (χ4v) is 7.18. The zero-order chi connectivity index (χ0) is 17.3. The van der Waals surface area contributed by atoms with Crippen molar-refractivity contribution >= 4 is 61.6 Å². The van der Waals surface area contributed by atoms with Crippen molar-refractivity contribution in [3.63, 3.8) is 0 Å². The molecule has 0 radical (unpaired) electrons. The highest BCUT2D eigenvalue weighted by Crippen LogP contribution is 2.44. The van der Waals surface area contributed by atoms with Gasteiger partial charge in [-0.05, 0) is 40.6 Å². The summed E-state index contributed by atoms with van der Waals surface area (Å²) in [4.78, 5) is 0. The summed E-state index contributed by atoms with van der Waals surface area (Å²) in [6.45, 7) is 19.3. The summed E-state index contributed by atoms with van der Waals surface area (Å²) < 4.78 is 9.75. The third-order valence-electron chi connectivity index (χ3n) is 5.19. The van der Waals surface area contributed by atoms with E-state index in [0.29, 0.717) is 17.1 Å². The summed E-state index contributed by atoms with van der Waals surface area (Å²) in [5.74, 6) is 0.641. The van der Waals surface area contributed by atoms with Crippen molar-refractivity contribution in [2.24, 2.45) is 5.92 Å². The Bertz CT molecular complexity index is 419. The molecule has 2 atom stereocenters. The average Bonchev–Trinajstić information content (AvgIpc) is 2.34. The van der Waals surface area contributed by atoms with Crippen LogP contribution in [0.1, 0.15) is 40.0 Å². The van der Waals surface area contributed by atoms with Crippen LogP contribution in [0.4, 0.5) is 0 Å². The van der Waals surface area contributed by atoms with Gasteiger partial charge >= 0.3 is 0 Å². The molecule has 0 aromatic carbocycles. The van der Waals surface area contributed by atoms with Gasteiger partial charge in [-0.25, -0.2) is 0 Å². The molecule has 0 aromatic heterocycles. The predicted octanol–water partition coefficient (Wildman–Crippen LogP) is 7.18. The molecule has 22 heavy (non-hydrogen) atoms. The molecule has 0 spiro atoms. The van der Waals surface area contributed by atoms with Gasteiger partial charge < -0.3 is 4.43 Å². The highest BCUT2D eigenvalue weighted by atomic mass is 127. The fraction of sp³-hybridized carbons (Fsp3) is 0.882. The summed E-state index contributed by atoms with van der Waals surface area (Å²) in [7, 11) is -2.89. The van der Waals surface area contributed by atoms with E-state index in [0.717, 1.165) is 0 Å². The van der Waals surface area contributed by atoms with Crippen molar-refractivity contribution in [1.82, 2.24) is 0 Å². The fourth-order valence-electron chi connectivity index (χ4n) is 2.75. The first kappa shape index (κ1) is 21.6. The SMILES string of the molecule is CC(C)(C)[Si](C)(C)O[C@H]1CCC/C(=C(/I)[Si](C)(C)C)[C@@H]1CI. The zero-order valence-corrected chi connectivity index (χ0v) is 22.0. The van der Waals surface area contributed by atoms with Gasteiger partial charge in [0.15, 0.2) is 8.32 Å². The van der Waals surface area contributed by atoms with Gasteiger partial charge in [0.1, 0.15) is 0 Å². The summed E-state index contributed by atoms with van der Waals surface area (Å²) in [5, 5.41) is 0.302. The highest BCUT2D eigenvalue weighted by molar-refractivity contribution is 14.1. The van der Waals surface area contributed by atoms with E-state index in [4.69, 9.17) is 4.43 Å². The second-order valence-corrected chi connectivity index (χ2v) is 21.9. The van der Waals surface area contributed by atoms with E-state index in [-0.39, 0.29) is 0 Å². The van der Waals surface area contributed by atoms with E-state index in [9.17, 15) is 0 Å². The lowest BCUT2D eigenvalue weighted by atomic mass is 9.84. The molecule has 1 nitrogen and oxygen atoms in total. The predicted molar refractivity (Wildman–Crippen MR) is 123 cm³/mol. The maximum Gasteiger partial charge on any atom is 0.192 e. The van der Waals surface area contributed by atoms with E-state index in [1.165, 1.54) is 23.7 Å². The molecular formula is C17H34I2OSi2. The van der Waals surface area contributed by atoms with Crippen molar-refractivity contribution < 1.29 is 4.43 Å². The number of hydrogen-bond donors (Lipinski definition) is 0. The highest BCUT2D eigenvalue weighted by Gasteiger charge is 2.42. The molecule has 1 aliphatic rings. The van der Waals surface area contributed by atoms with Gasteiger partial charge in [0.05, 0.1) is 14.2 Å². The Morgan fingerprint density at radius 2 is 1.73 bits per heavy atom. The van der Waals surface area contributed by atoms with E-state index >= 15 is 0 Å². The minimum atomic E-state index is -1.68. The normalized spacial score (nSPS) is 27.0. The number of hydrogen-bond acceptors (Lipinski definition) is 1. The van der Waals surface area contributed by atoms with E-state index in [2.05, 4.69) is 98.7 Å². The van der Waals surface area contributed by atoms with Crippen molar-refractivity contribution in [1.29, 1.82) is 0 Å². The van der Waals surface area contributed by atoms with Gasteiger partial charge in [-0.3, -0.25) is 0 Å². The smallest absolute Gasteiger partial charge is 0.192 e. The van der Waals surface area contributed by atoms with Crippen LogP contribution in [0.15, 0.2) is 8.78 Å². The Kier molecular flexibility index (Phi) is 7.74. The second-order valence-electron chi connectivity index (χ2n) is 9.16. The Balaban J connectivity index is 3.08. The van der Waals surface area contributed by atoms with Gasteiger partial charge in [0, 0.05) is 10.3 Å². The monoisotopic (exact) mass is 564 g/mol. The van der Waals surface area contributed by atoms with Crippen LogP contribution in [0.25, 0.3) is 0 Å². The van der Waals surface area contributed by atoms with Crippen LogP contribution in [0, 0.1) is 5.92 Å². The topological polar surface area (TPSA) is 9.23 Å². The molecule has 0 aliphatic heterocycles. The molecule has 0 bridgehead atoms. The Morgan fingerprint density at radius 3 is 2.14 bits per heavy atom. The molecule has 0 N–H and O–H groups in total. The van der Waals surface area contributed by atoms with Gasteiger partial charge in [0.2, 0.25) is 0 Å². The summed E-state index contributed by atoms with van der Waals surface area (Å²) in [5.41, 5.74) is 1.74. The summed E-state index contributed by atoms with van der Waals surface area (Å²) in [6, 6.07) is 0. The molecule has 0 aromatic rings. The second kappa shape index (κ2) is 7.87. The Hall–Kier alpha value is 1.59. The molecule has 0 unspecified atom stereocenters. The van der Waals surface area contributed by atoms with Crippen LogP contribution >= 0.6 is 45.2 Å².